The molecule has 0 spiro atoms. The lowest BCUT2D eigenvalue weighted by atomic mass is 9.75. The molecule has 1 aliphatic heterocycles. The second-order valence-electron chi connectivity index (χ2n) is 7.02. The second kappa shape index (κ2) is 8.31. The third-order valence-corrected chi connectivity index (χ3v) is 7.08. The van der Waals surface area contributed by atoms with Gasteiger partial charge in [-0.2, -0.15) is 10.5 Å². The number of thioether (sulfide) groups is 1. The zero-order valence-electron chi connectivity index (χ0n) is 16.3. The number of carbonyl (C=O) groups is 1. The summed E-state index contributed by atoms with van der Waals surface area (Å²) in [6.45, 7) is 2.00. The topological polar surface area (TPSA) is 120 Å². The Labute approximate surface area is 182 Å². The van der Waals surface area contributed by atoms with Crippen molar-refractivity contribution in [1.29, 1.82) is 10.5 Å². The highest BCUT2D eigenvalue weighted by Crippen LogP contribution is 2.47. The van der Waals surface area contributed by atoms with Crippen LogP contribution in [-0.4, -0.2) is 21.7 Å². The number of allylic oxidation sites excluding steroid dienone is 3. The minimum Gasteiger partial charge on any atom is -0.384 e. The van der Waals surface area contributed by atoms with E-state index in [1.54, 1.807) is 4.90 Å². The molecule has 2 aromatic rings. The van der Waals surface area contributed by atoms with Gasteiger partial charge in [0, 0.05) is 17.7 Å². The van der Waals surface area contributed by atoms with E-state index in [0.717, 1.165) is 23.2 Å². The van der Waals surface area contributed by atoms with Crippen LogP contribution in [0.3, 0.4) is 0 Å². The number of hydrogen-bond acceptors (Lipinski definition) is 9. The molecule has 0 bridgehead atoms. The zero-order chi connectivity index (χ0) is 21.3. The first-order chi connectivity index (χ1) is 14.5. The van der Waals surface area contributed by atoms with E-state index in [9.17, 15) is 10.1 Å². The fourth-order valence-corrected chi connectivity index (χ4v) is 5.38. The number of hydrogen-bond donors (Lipinski definition) is 1. The van der Waals surface area contributed by atoms with E-state index < -0.39 is 5.92 Å². The number of nitrogens with two attached hydrogens (primary N) is 1. The number of nitrogens with zero attached hydrogens (tertiary/aromatic N) is 5. The summed E-state index contributed by atoms with van der Waals surface area (Å²) < 4.78 is 0.641. The number of rotatable bonds is 4. The molecular formula is C21H18N6OS2. The van der Waals surface area contributed by atoms with Crippen molar-refractivity contribution in [2.24, 2.45) is 5.73 Å². The summed E-state index contributed by atoms with van der Waals surface area (Å²) in [7, 11) is 0. The lowest BCUT2D eigenvalue weighted by Gasteiger charge is -2.38. The molecule has 2 N–H and O–H groups in total. The van der Waals surface area contributed by atoms with Crippen molar-refractivity contribution in [1.82, 2.24) is 10.2 Å². The molecule has 2 aliphatic rings. The van der Waals surface area contributed by atoms with E-state index in [1.807, 2.05) is 31.2 Å². The number of nitriles is 2. The van der Waals surface area contributed by atoms with Crippen molar-refractivity contribution in [3.63, 3.8) is 0 Å². The molecule has 0 fully saturated rings. The Morgan fingerprint density at radius 1 is 1.27 bits per heavy atom. The fourth-order valence-electron chi connectivity index (χ4n) is 3.84. The van der Waals surface area contributed by atoms with Crippen LogP contribution in [0.4, 0.5) is 5.13 Å². The molecule has 2 heterocycles. The Bertz CT molecular complexity index is 1150. The zero-order valence-corrected chi connectivity index (χ0v) is 17.9. The summed E-state index contributed by atoms with van der Waals surface area (Å²) in [6, 6.07) is 12.2. The molecule has 1 atom stereocenters. The number of ketones is 1. The minimum atomic E-state index is -0.477. The summed E-state index contributed by atoms with van der Waals surface area (Å²) in [6.07, 6.45) is 1.84. The molecule has 1 aliphatic carbocycles. The molecule has 30 heavy (non-hydrogen) atoms. The summed E-state index contributed by atoms with van der Waals surface area (Å²) in [5, 5.41) is 27.7. The Morgan fingerprint density at radius 2 is 2.03 bits per heavy atom. The molecule has 0 saturated carbocycles. The number of aryl methyl sites for hydroxylation is 1. The average Bonchev–Trinajstić information content (AvgIpc) is 3.20. The molecule has 0 saturated heterocycles. The van der Waals surface area contributed by atoms with Gasteiger partial charge in [0.15, 0.2) is 10.1 Å². The smallest absolute Gasteiger partial charge is 0.219 e. The third-order valence-electron chi connectivity index (χ3n) is 5.17. The van der Waals surface area contributed by atoms with Gasteiger partial charge in [0.1, 0.15) is 5.82 Å². The van der Waals surface area contributed by atoms with Crippen molar-refractivity contribution in [2.75, 3.05) is 10.7 Å². The molecule has 7 nitrogen and oxygen atoms in total. The highest BCUT2D eigenvalue weighted by Gasteiger charge is 2.41. The number of benzene rings is 1. The molecule has 1 unspecified atom stereocenters. The van der Waals surface area contributed by atoms with Crippen molar-refractivity contribution in [2.45, 2.75) is 36.4 Å². The minimum absolute atomic E-state index is 0.0377. The van der Waals surface area contributed by atoms with Crippen LogP contribution in [-0.2, 0) is 4.79 Å². The van der Waals surface area contributed by atoms with Crippen LogP contribution >= 0.6 is 23.1 Å². The van der Waals surface area contributed by atoms with Crippen molar-refractivity contribution < 1.29 is 4.79 Å². The maximum atomic E-state index is 13.0. The first-order valence-electron chi connectivity index (χ1n) is 9.41. The maximum Gasteiger partial charge on any atom is 0.219 e. The van der Waals surface area contributed by atoms with Gasteiger partial charge in [0.25, 0.3) is 0 Å². The van der Waals surface area contributed by atoms with E-state index in [0.29, 0.717) is 33.5 Å². The fraction of sp³-hybridized carbons (Fsp3) is 0.286. The highest BCUT2D eigenvalue weighted by atomic mass is 32.2. The molecular weight excluding hydrogens is 416 g/mol. The maximum absolute atomic E-state index is 13.0. The van der Waals surface area contributed by atoms with Gasteiger partial charge in [-0.3, -0.25) is 9.69 Å². The van der Waals surface area contributed by atoms with Gasteiger partial charge in [0.2, 0.25) is 5.13 Å². The predicted octanol–water partition coefficient (Wildman–Crippen LogP) is 3.77. The number of aromatic nitrogens is 2. The van der Waals surface area contributed by atoms with E-state index >= 15 is 0 Å². The molecule has 150 valence electrons. The highest BCUT2D eigenvalue weighted by molar-refractivity contribution is 8.01. The Morgan fingerprint density at radius 3 is 2.73 bits per heavy atom. The molecule has 9 heteroatoms. The van der Waals surface area contributed by atoms with Crippen LogP contribution in [0.1, 0.15) is 36.3 Å². The summed E-state index contributed by atoms with van der Waals surface area (Å²) in [5.41, 5.74) is 10.2. The second-order valence-corrected chi connectivity index (χ2v) is 9.20. The number of Topliss-reactive ketones (excluding diaryl/α,β-unsaturated/α-hetero) is 1. The standard InChI is InChI=1S/C21H18N6OS2/c1-12-5-7-13(8-6-12)17-14(11-23)19(24)27(15-3-2-4-16(28)18(15)17)20-25-26-21(30-20)29-10-9-22/h5-8,17H,2-4,10,24H2,1H3. The van der Waals surface area contributed by atoms with Gasteiger partial charge in [-0.25, -0.2) is 0 Å². The van der Waals surface area contributed by atoms with Gasteiger partial charge < -0.3 is 5.73 Å². The van der Waals surface area contributed by atoms with Crippen LogP contribution < -0.4 is 10.6 Å². The molecule has 0 amide bonds. The van der Waals surface area contributed by atoms with E-state index in [2.05, 4.69) is 22.3 Å². The molecule has 1 aromatic carbocycles. The lowest BCUT2D eigenvalue weighted by molar-refractivity contribution is -0.116. The molecule has 0 radical (unpaired) electrons. The van der Waals surface area contributed by atoms with Crippen LogP contribution in [0.25, 0.3) is 0 Å². The van der Waals surface area contributed by atoms with Gasteiger partial charge in [-0.05, 0) is 25.3 Å². The summed E-state index contributed by atoms with van der Waals surface area (Å²) in [4.78, 5) is 14.8. The first kappa shape index (κ1) is 20.1. The first-order valence-corrected chi connectivity index (χ1v) is 11.2. The Hall–Kier alpha value is -3.14. The van der Waals surface area contributed by atoms with Gasteiger partial charge in [-0.1, -0.05) is 52.9 Å². The van der Waals surface area contributed by atoms with E-state index in [4.69, 9.17) is 11.0 Å². The van der Waals surface area contributed by atoms with Crippen LogP contribution in [0, 0.1) is 29.6 Å². The Balaban J connectivity index is 1.87. The SMILES string of the molecule is Cc1ccc(C2C(C#N)=C(N)N(c3nnc(SCC#N)s3)C3=C2C(=O)CCC3)cc1. The molecule has 4 rings (SSSR count). The van der Waals surface area contributed by atoms with Crippen LogP contribution in [0.15, 0.2) is 51.3 Å². The quantitative estimate of drug-likeness (QED) is 0.722. The normalized spacial score (nSPS) is 18.8. The van der Waals surface area contributed by atoms with Crippen molar-refractivity contribution in [3.8, 4) is 12.1 Å². The van der Waals surface area contributed by atoms with Crippen LogP contribution in [0.2, 0.25) is 0 Å². The molecule has 1 aromatic heterocycles. The van der Waals surface area contributed by atoms with Crippen LogP contribution in [0.5, 0.6) is 0 Å². The Kier molecular flexibility index (Phi) is 5.58. The van der Waals surface area contributed by atoms with Crippen molar-refractivity contribution >= 4 is 34.0 Å². The average molecular weight is 435 g/mol. The van der Waals surface area contributed by atoms with E-state index in [1.165, 1.54) is 23.1 Å². The number of carbonyl (C=O) groups excluding carboxylic acids is 1. The summed E-state index contributed by atoms with van der Waals surface area (Å²) >= 11 is 2.59. The lowest BCUT2D eigenvalue weighted by Crippen LogP contribution is -2.38. The van der Waals surface area contributed by atoms with Crippen molar-refractivity contribution in [3.05, 3.63) is 58.1 Å². The summed E-state index contributed by atoms with van der Waals surface area (Å²) in [5.74, 6) is 0.112. The third kappa shape index (κ3) is 3.47. The van der Waals surface area contributed by atoms with Gasteiger partial charge in [-0.15, -0.1) is 10.2 Å². The van der Waals surface area contributed by atoms with E-state index in [-0.39, 0.29) is 17.4 Å². The monoisotopic (exact) mass is 434 g/mol. The van der Waals surface area contributed by atoms with Gasteiger partial charge >= 0.3 is 0 Å². The largest absolute Gasteiger partial charge is 0.384 e. The number of anilines is 1. The van der Waals surface area contributed by atoms with Gasteiger partial charge in [0.05, 0.1) is 29.4 Å². The predicted molar refractivity (Wildman–Crippen MR) is 115 cm³/mol.